The molecule has 1 heterocycles. The second-order valence-corrected chi connectivity index (χ2v) is 7.06. The van der Waals surface area contributed by atoms with E-state index < -0.39 is 0 Å². The summed E-state index contributed by atoms with van der Waals surface area (Å²) < 4.78 is 5.35. The van der Waals surface area contributed by atoms with Crippen LogP contribution in [0.5, 0.6) is 0 Å². The predicted molar refractivity (Wildman–Crippen MR) is 100 cm³/mol. The van der Waals surface area contributed by atoms with Gasteiger partial charge in [-0.1, -0.05) is 74.5 Å². The maximum Gasteiger partial charge on any atom is 0.325 e. The average molecular weight is 337 g/mol. The molecule has 0 radical (unpaired) electrons. The van der Waals surface area contributed by atoms with Crippen LogP contribution in [0.15, 0.2) is 60.7 Å². The Bertz CT molecular complexity index is 644. The molecule has 3 heteroatoms. The summed E-state index contributed by atoms with van der Waals surface area (Å²) in [4.78, 5) is 14.8. The van der Waals surface area contributed by atoms with Gasteiger partial charge in [0.25, 0.3) is 0 Å². The number of carbonyl (C=O) groups is 1. The molecule has 3 atom stereocenters. The Hall–Kier alpha value is -2.13. The van der Waals surface area contributed by atoms with Crippen LogP contribution in [0, 0.1) is 5.92 Å². The first-order valence-corrected chi connectivity index (χ1v) is 9.17. The molecule has 0 aromatic heterocycles. The van der Waals surface area contributed by atoms with E-state index in [1.807, 2.05) is 19.1 Å². The van der Waals surface area contributed by atoms with Gasteiger partial charge in [0.05, 0.1) is 12.6 Å². The first kappa shape index (κ1) is 17.7. The summed E-state index contributed by atoms with van der Waals surface area (Å²) in [6.07, 6.45) is 1.000. The van der Waals surface area contributed by atoms with Crippen molar-refractivity contribution in [2.24, 2.45) is 5.92 Å². The molecule has 0 aliphatic carbocycles. The molecule has 1 saturated heterocycles. The smallest absolute Gasteiger partial charge is 0.325 e. The Labute approximate surface area is 150 Å². The molecule has 0 spiro atoms. The third-order valence-corrected chi connectivity index (χ3v) is 4.75. The van der Waals surface area contributed by atoms with Gasteiger partial charge in [0.2, 0.25) is 0 Å². The second kappa shape index (κ2) is 7.83. The molecule has 132 valence electrons. The van der Waals surface area contributed by atoms with Gasteiger partial charge in [-0.15, -0.1) is 0 Å². The molecule has 0 amide bonds. The van der Waals surface area contributed by atoms with Crippen molar-refractivity contribution >= 4 is 5.97 Å². The van der Waals surface area contributed by atoms with Crippen LogP contribution in [-0.2, 0) is 9.53 Å². The SMILES string of the molecule is CCOC(=O)[C@H]1[C@H](CC(C)C)N1C(c1ccccc1)c1ccccc1. The van der Waals surface area contributed by atoms with Crippen LogP contribution < -0.4 is 0 Å². The lowest BCUT2D eigenvalue weighted by molar-refractivity contribution is -0.143. The van der Waals surface area contributed by atoms with Gasteiger partial charge in [0, 0.05) is 6.04 Å². The Morgan fingerprint density at radius 2 is 1.52 bits per heavy atom. The summed E-state index contributed by atoms with van der Waals surface area (Å²) >= 11 is 0. The fourth-order valence-corrected chi connectivity index (χ4v) is 3.70. The second-order valence-electron chi connectivity index (χ2n) is 7.06. The van der Waals surface area contributed by atoms with Crippen molar-refractivity contribution in [2.45, 2.75) is 45.3 Å². The Kier molecular flexibility index (Phi) is 5.54. The highest BCUT2D eigenvalue weighted by atomic mass is 16.5. The zero-order chi connectivity index (χ0) is 17.8. The first-order chi connectivity index (χ1) is 12.1. The van der Waals surface area contributed by atoms with Crippen LogP contribution in [-0.4, -0.2) is 29.6 Å². The van der Waals surface area contributed by atoms with Crippen LogP contribution >= 0.6 is 0 Å². The molecule has 1 aliphatic heterocycles. The maximum absolute atomic E-state index is 12.5. The van der Waals surface area contributed by atoms with Gasteiger partial charge in [-0.25, -0.2) is 0 Å². The molecule has 1 fully saturated rings. The van der Waals surface area contributed by atoms with Crippen molar-refractivity contribution in [1.29, 1.82) is 0 Å². The zero-order valence-electron chi connectivity index (χ0n) is 15.3. The van der Waals surface area contributed by atoms with Gasteiger partial charge in [-0.3, -0.25) is 9.69 Å². The minimum atomic E-state index is -0.146. The number of ether oxygens (including phenoxy) is 1. The van der Waals surface area contributed by atoms with Crippen molar-refractivity contribution in [3.8, 4) is 0 Å². The lowest BCUT2D eigenvalue weighted by atomic mass is 9.98. The predicted octanol–water partition coefficient (Wildman–Crippen LogP) is 4.44. The van der Waals surface area contributed by atoms with Crippen LogP contribution in [0.3, 0.4) is 0 Å². The number of hydrogen-bond donors (Lipinski definition) is 0. The van der Waals surface area contributed by atoms with Crippen LogP contribution in [0.4, 0.5) is 0 Å². The molecule has 3 nitrogen and oxygen atoms in total. The molecular weight excluding hydrogens is 310 g/mol. The Balaban J connectivity index is 1.95. The number of nitrogens with zero attached hydrogens (tertiary/aromatic N) is 1. The number of hydrogen-bond acceptors (Lipinski definition) is 3. The van der Waals surface area contributed by atoms with Gasteiger partial charge >= 0.3 is 5.97 Å². The van der Waals surface area contributed by atoms with Crippen molar-refractivity contribution in [3.63, 3.8) is 0 Å². The van der Waals surface area contributed by atoms with E-state index in [0.29, 0.717) is 12.5 Å². The Morgan fingerprint density at radius 1 is 1.00 bits per heavy atom. The van der Waals surface area contributed by atoms with Gasteiger partial charge < -0.3 is 4.74 Å². The quantitative estimate of drug-likeness (QED) is 0.552. The number of rotatable bonds is 7. The summed E-state index contributed by atoms with van der Waals surface area (Å²) in [6, 6.07) is 21.1. The van der Waals surface area contributed by atoms with Crippen molar-refractivity contribution in [3.05, 3.63) is 71.8 Å². The Morgan fingerprint density at radius 3 is 1.96 bits per heavy atom. The lowest BCUT2D eigenvalue weighted by Crippen LogP contribution is -2.20. The van der Waals surface area contributed by atoms with Crippen LogP contribution in [0.25, 0.3) is 0 Å². The fraction of sp³-hybridized carbons (Fsp3) is 0.409. The molecular formula is C22H27NO2. The van der Waals surface area contributed by atoms with E-state index in [-0.39, 0.29) is 24.1 Å². The summed E-state index contributed by atoms with van der Waals surface area (Å²) in [5.41, 5.74) is 2.43. The van der Waals surface area contributed by atoms with Crippen LogP contribution in [0.1, 0.15) is 44.4 Å². The maximum atomic E-state index is 12.5. The van der Waals surface area contributed by atoms with E-state index in [9.17, 15) is 4.79 Å². The number of carbonyl (C=O) groups excluding carboxylic acids is 1. The van der Waals surface area contributed by atoms with Gasteiger partial charge in [0.1, 0.15) is 6.04 Å². The van der Waals surface area contributed by atoms with E-state index in [4.69, 9.17) is 4.74 Å². The topological polar surface area (TPSA) is 29.3 Å². The molecule has 0 N–H and O–H groups in total. The fourth-order valence-electron chi connectivity index (χ4n) is 3.70. The monoisotopic (exact) mass is 337 g/mol. The van der Waals surface area contributed by atoms with E-state index in [1.165, 1.54) is 11.1 Å². The van der Waals surface area contributed by atoms with Gasteiger partial charge in [0.15, 0.2) is 0 Å². The van der Waals surface area contributed by atoms with Gasteiger partial charge in [-0.05, 0) is 30.4 Å². The zero-order valence-corrected chi connectivity index (χ0v) is 15.3. The molecule has 0 saturated carbocycles. The minimum absolute atomic E-state index is 0.0838. The largest absolute Gasteiger partial charge is 0.465 e. The van der Waals surface area contributed by atoms with Crippen molar-refractivity contribution in [2.75, 3.05) is 6.61 Å². The highest BCUT2D eigenvalue weighted by Gasteiger charge is 2.56. The third-order valence-electron chi connectivity index (χ3n) is 4.75. The summed E-state index contributed by atoms with van der Waals surface area (Å²) in [5.74, 6) is 0.448. The average Bonchev–Trinajstić information content (AvgIpc) is 3.29. The molecule has 0 bridgehead atoms. The van der Waals surface area contributed by atoms with E-state index >= 15 is 0 Å². The van der Waals surface area contributed by atoms with Crippen molar-refractivity contribution < 1.29 is 9.53 Å². The highest BCUT2D eigenvalue weighted by Crippen LogP contribution is 2.45. The number of benzene rings is 2. The van der Waals surface area contributed by atoms with Crippen molar-refractivity contribution in [1.82, 2.24) is 4.90 Å². The minimum Gasteiger partial charge on any atom is -0.465 e. The van der Waals surface area contributed by atoms with E-state index in [1.54, 1.807) is 0 Å². The summed E-state index contributed by atoms with van der Waals surface area (Å²) in [7, 11) is 0. The molecule has 1 unspecified atom stereocenters. The molecule has 2 aromatic rings. The van der Waals surface area contributed by atoms with E-state index in [0.717, 1.165) is 6.42 Å². The molecule has 25 heavy (non-hydrogen) atoms. The van der Waals surface area contributed by atoms with Crippen LogP contribution in [0.2, 0.25) is 0 Å². The number of esters is 1. The highest BCUT2D eigenvalue weighted by molar-refractivity contribution is 5.80. The summed E-state index contributed by atoms with van der Waals surface area (Å²) in [6.45, 7) is 6.71. The molecule has 1 aliphatic rings. The van der Waals surface area contributed by atoms with Gasteiger partial charge in [-0.2, -0.15) is 0 Å². The normalized spacial score (nSPS) is 22.2. The third kappa shape index (κ3) is 3.93. The summed E-state index contributed by atoms with van der Waals surface area (Å²) in [5, 5.41) is 0. The first-order valence-electron chi connectivity index (χ1n) is 9.17. The lowest BCUT2D eigenvalue weighted by Gasteiger charge is -2.21. The molecule has 2 aromatic carbocycles. The molecule has 3 rings (SSSR count). The van der Waals surface area contributed by atoms with E-state index in [2.05, 4.69) is 67.3 Å². The standard InChI is InChI=1S/C22H27NO2/c1-4-25-22(24)21-19(15-16(2)3)23(21)20(17-11-7-5-8-12-17)18-13-9-6-10-14-18/h5-14,16,19-21H,4,15H2,1-3H3/t19-,21+,23?/m0/s1.